The van der Waals surface area contributed by atoms with Gasteiger partial charge in [-0.3, -0.25) is 4.79 Å². The molecule has 0 aliphatic carbocycles. The highest BCUT2D eigenvalue weighted by molar-refractivity contribution is 5.76. The van der Waals surface area contributed by atoms with E-state index in [-0.39, 0.29) is 5.97 Å². The van der Waals surface area contributed by atoms with Crippen molar-refractivity contribution in [2.45, 2.75) is 34.1 Å². The van der Waals surface area contributed by atoms with Crippen LogP contribution in [-0.4, -0.2) is 37.6 Å². The molecule has 0 aromatic rings. The Morgan fingerprint density at radius 2 is 1.93 bits per heavy atom. The Morgan fingerprint density at radius 3 is 2.29 bits per heavy atom. The van der Waals surface area contributed by atoms with E-state index >= 15 is 0 Å². The van der Waals surface area contributed by atoms with Crippen molar-refractivity contribution >= 4 is 5.97 Å². The van der Waals surface area contributed by atoms with Crippen molar-refractivity contribution in [3.8, 4) is 0 Å². The van der Waals surface area contributed by atoms with Crippen LogP contribution >= 0.6 is 0 Å². The number of esters is 1. The van der Waals surface area contributed by atoms with E-state index in [0.29, 0.717) is 0 Å². The molecular weight excluding hydrogens is 178 g/mol. The number of hydrogen-bond donors (Lipinski definition) is 0. The van der Waals surface area contributed by atoms with Crippen molar-refractivity contribution in [3.63, 3.8) is 0 Å². The summed E-state index contributed by atoms with van der Waals surface area (Å²) in [7, 11) is 1.44. The predicted molar refractivity (Wildman–Crippen MR) is 58.2 cm³/mol. The first kappa shape index (κ1) is 13.4. The number of hydrogen-bond acceptors (Lipinski definition) is 3. The summed E-state index contributed by atoms with van der Waals surface area (Å²) >= 11 is 0. The van der Waals surface area contributed by atoms with Gasteiger partial charge in [-0.25, -0.2) is 0 Å². The summed E-state index contributed by atoms with van der Waals surface area (Å²) in [4.78, 5) is 13.7. The lowest BCUT2D eigenvalue weighted by atomic mass is 9.93. The molecule has 0 aromatic heterocycles. The van der Waals surface area contributed by atoms with Gasteiger partial charge in [-0.2, -0.15) is 0 Å². The zero-order valence-electron chi connectivity index (χ0n) is 10.1. The van der Waals surface area contributed by atoms with E-state index < -0.39 is 5.41 Å². The van der Waals surface area contributed by atoms with Gasteiger partial charge in [0, 0.05) is 6.54 Å². The Hall–Kier alpha value is -0.570. The van der Waals surface area contributed by atoms with Crippen LogP contribution in [0.25, 0.3) is 0 Å². The second-order valence-electron chi connectivity index (χ2n) is 4.24. The highest BCUT2D eigenvalue weighted by Gasteiger charge is 2.30. The normalized spacial score (nSPS) is 11.9. The van der Waals surface area contributed by atoms with Gasteiger partial charge in [-0.15, -0.1) is 0 Å². The van der Waals surface area contributed by atoms with E-state index in [1.54, 1.807) is 0 Å². The minimum absolute atomic E-state index is 0.132. The summed E-state index contributed by atoms with van der Waals surface area (Å²) in [5.41, 5.74) is -0.403. The van der Waals surface area contributed by atoms with Crippen LogP contribution in [0.3, 0.4) is 0 Å². The molecule has 14 heavy (non-hydrogen) atoms. The molecule has 0 aromatic carbocycles. The average molecular weight is 201 g/mol. The Labute approximate surface area is 87.4 Å². The first-order valence-electron chi connectivity index (χ1n) is 5.28. The third-order valence-corrected chi connectivity index (χ3v) is 2.34. The lowest BCUT2D eigenvalue weighted by Gasteiger charge is -2.29. The van der Waals surface area contributed by atoms with Crippen molar-refractivity contribution in [2.24, 2.45) is 5.41 Å². The van der Waals surface area contributed by atoms with Crippen LogP contribution in [0.5, 0.6) is 0 Å². The van der Waals surface area contributed by atoms with E-state index in [4.69, 9.17) is 4.74 Å². The van der Waals surface area contributed by atoms with Crippen LogP contribution in [0.2, 0.25) is 0 Å². The topological polar surface area (TPSA) is 29.5 Å². The molecule has 0 saturated heterocycles. The van der Waals surface area contributed by atoms with Crippen molar-refractivity contribution in [2.75, 3.05) is 26.7 Å². The maximum Gasteiger partial charge on any atom is 0.312 e. The van der Waals surface area contributed by atoms with E-state index in [1.807, 2.05) is 13.8 Å². The molecule has 0 saturated carbocycles. The van der Waals surface area contributed by atoms with Crippen LogP contribution in [0, 0.1) is 5.41 Å². The molecule has 0 amide bonds. The summed E-state index contributed by atoms with van der Waals surface area (Å²) in [5, 5.41) is 0. The van der Waals surface area contributed by atoms with Gasteiger partial charge in [0.1, 0.15) is 0 Å². The molecule has 0 spiro atoms. The molecule has 0 aliphatic rings. The van der Waals surface area contributed by atoms with Gasteiger partial charge in [0.2, 0.25) is 0 Å². The minimum atomic E-state index is -0.403. The summed E-state index contributed by atoms with van der Waals surface area (Å²) in [6.07, 6.45) is 1.12. The standard InChI is InChI=1S/C11H23NO2/c1-6-8-12(7-2)9-11(3,4)10(13)14-5/h6-9H2,1-5H3. The third kappa shape index (κ3) is 4.09. The Balaban J connectivity index is 4.23. The number of methoxy groups -OCH3 is 1. The van der Waals surface area contributed by atoms with E-state index in [2.05, 4.69) is 18.7 Å². The van der Waals surface area contributed by atoms with Crippen LogP contribution in [0.15, 0.2) is 0 Å². The minimum Gasteiger partial charge on any atom is -0.469 e. The maximum absolute atomic E-state index is 11.4. The molecular formula is C11H23NO2. The molecule has 3 heteroatoms. The zero-order valence-corrected chi connectivity index (χ0v) is 10.1. The molecule has 0 aliphatic heterocycles. The zero-order chi connectivity index (χ0) is 11.2. The number of nitrogens with zero attached hydrogens (tertiary/aromatic N) is 1. The van der Waals surface area contributed by atoms with Crippen molar-refractivity contribution in [3.05, 3.63) is 0 Å². The summed E-state index contributed by atoms with van der Waals surface area (Å²) in [6, 6.07) is 0. The molecule has 0 bridgehead atoms. The predicted octanol–water partition coefficient (Wildman–Crippen LogP) is 1.92. The fourth-order valence-corrected chi connectivity index (χ4v) is 1.57. The lowest BCUT2D eigenvalue weighted by molar-refractivity contribution is -0.151. The van der Waals surface area contributed by atoms with Gasteiger partial charge in [0.05, 0.1) is 12.5 Å². The molecule has 0 fully saturated rings. The average Bonchev–Trinajstić information content (AvgIpc) is 2.15. The monoisotopic (exact) mass is 201 g/mol. The molecule has 0 unspecified atom stereocenters. The van der Waals surface area contributed by atoms with Crippen molar-refractivity contribution in [1.29, 1.82) is 0 Å². The maximum atomic E-state index is 11.4. The summed E-state index contributed by atoms with van der Waals surface area (Å²) in [5.74, 6) is -0.132. The number of ether oxygens (including phenoxy) is 1. The quantitative estimate of drug-likeness (QED) is 0.615. The largest absolute Gasteiger partial charge is 0.469 e. The van der Waals surface area contributed by atoms with Gasteiger partial charge in [-0.1, -0.05) is 13.8 Å². The van der Waals surface area contributed by atoms with Gasteiger partial charge in [0.15, 0.2) is 0 Å². The molecule has 0 N–H and O–H groups in total. The molecule has 84 valence electrons. The van der Waals surface area contributed by atoms with Gasteiger partial charge in [0.25, 0.3) is 0 Å². The Morgan fingerprint density at radius 1 is 1.36 bits per heavy atom. The van der Waals surface area contributed by atoms with Crippen LogP contribution in [-0.2, 0) is 9.53 Å². The highest BCUT2D eigenvalue weighted by atomic mass is 16.5. The van der Waals surface area contributed by atoms with Crippen molar-refractivity contribution in [1.82, 2.24) is 4.90 Å². The highest BCUT2D eigenvalue weighted by Crippen LogP contribution is 2.18. The Kier molecular flexibility index (Phi) is 5.77. The smallest absolute Gasteiger partial charge is 0.312 e. The molecule has 0 atom stereocenters. The van der Waals surface area contributed by atoms with Crippen LogP contribution in [0.4, 0.5) is 0 Å². The van der Waals surface area contributed by atoms with E-state index in [0.717, 1.165) is 26.1 Å². The van der Waals surface area contributed by atoms with E-state index in [9.17, 15) is 4.79 Å². The number of carbonyl (C=O) groups is 1. The Bertz CT molecular complexity index is 178. The fraction of sp³-hybridized carbons (Fsp3) is 0.909. The fourth-order valence-electron chi connectivity index (χ4n) is 1.57. The number of carbonyl (C=O) groups excluding carboxylic acids is 1. The molecule has 0 heterocycles. The van der Waals surface area contributed by atoms with Gasteiger partial charge >= 0.3 is 5.97 Å². The number of rotatable bonds is 6. The van der Waals surface area contributed by atoms with Gasteiger partial charge < -0.3 is 9.64 Å². The van der Waals surface area contributed by atoms with Crippen LogP contribution in [0.1, 0.15) is 34.1 Å². The van der Waals surface area contributed by atoms with Gasteiger partial charge in [-0.05, 0) is 33.4 Å². The lowest BCUT2D eigenvalue weighted by Crippen LogP contribution is -2.40. The second-order valence-corrected chi connectivity index (χ2v) is 4.24. The summed E-state index contributed by atoms with van der Waals surface area (Å²) in [6.45, 7) is 10.9. The molecule has 3 nitrogen and oxygen atoms in total. The SMILES string of the molecule is CCCN(CC)CC(C)(C)C(=O)OC. The third-order valence-electron chi connectivity index (χ3n) is 2.34. The van der Waals surface area contributed by atoms with Crippen molar-refractivity contribution < 1.29 is 9.53 Å². The first-order valence-corrected chi connectivity index (χ1v) is 5.28. The van der Waals surface area contributed by atoms with Crippen LogP contribution < -0.4 is 0 Å². The first-order chi connectivity index (χ1) is 6.47. The molecule has 0 rings (SSSR count). The van der Waals surface area contributed by atoms with E-state index in [1.165, 1.54) is 7.11 Å². The summed E-state index contributed by atoms with van der Waals surface area (Å²) < 4.78 is 4.77. The second kappa shape index (κ2) is 6.02. The molecule has 0 radical (unpaired) electrons.